The average molecular weight is 528 g/mol. The van der Waals surface area contributed by atoms with Gasteiger partial charge in [0.15, 0.2) is 0 Å². The number of aromatic nitrogens is 4. The molecule has 0 fully saturated rings. The fourth-order valence-electron chi connectivity index (χ4n) is 4.71. The van der Waals surface area contributed by atoms with E-state index in [0.717, 1.165) is 28.1 Å². The molecular formula is C29H31N6O4+. The van der Waals surface area contributed by atoms with Crippen molar-refractivity contribution >= 4 is 45.1 Å². The highest BCUT2D eigenvalue weighted by atomic mass is 16.5. The molecular weight excluding hydrogens is 496 g/mol. The van der Waals surface area contributed by atoms with Crippen LogP contribution >= 0.6 is 0 Å². The maximum Gasteiger partial charge on any atom is 0.345 e. The largest absolute Gasteiger partial charge is 0.478 e. The number of hydrogen-bond acceptors (Lipinski definition) is 7. The van der Waals surface area contributed by atoms with Gasteiger partial charge in [-0.3, -0.25) is 10.2 Å². The number of rotatable bonds is 9. The zero-order chi connectivity index (χ0) is 27.5. The third-order valence-electron chi connectivity index (χ3n) is 6.67. The summed E-state index contributed by atoms with van der Waals surface area (Å²) in [5.74, 6) is 0.623. The van der Waals surface area contributed by atoms with Gasteiger partial charge in [0.1, 0.15) is 23.3 Å². The quantitative estimate of drug-likeness (QED) is 0.0996. The number of carbonyl (C=O) groups is 1. The first-order valence-corrected chi connectivity index (χ1v) is 12.9. The first-order chi connectivity index (χ1) is 18.9. The SMILES string of the molecule is CCOC(=N)c1ccc(NCc2nc3cc4c(=O)n(CCC(=O)OCC)c5cccc[n+]5c4cc3n2C)cc1. The van der Waals surface area contributed by atoms with Crippen molar-refractivity contribution in [1.82, 2.24) is 14.1 Å². The van der Waals surface area contributed by atoms with Gasteiger partial charge < -0.3 is 19.4 Å². The van der Waals surface area contributed by atoms with Crippen LogP contribution < -0.4 is 15.3 Å². The monoisotopic (exact) mass is 527 g/mol. The van der Waals surface area contributed by atoms with E-state index in [1.54, 1.807) is 11.5 Å². The zero-order valence-electron chi connectivity index (χ0n) is 22.2. The van der Waals surface area contributed by atoms with Crippen LogP contribution in [-0.4, -0.2) is 39.2 Å². The second-order valence-corrected chi connectivity index (χ2v) is 9.08. The van der Waals surface area contributed by atoms with Gasteiger partial charge in [0.05, 0.1) is 43.4 Å². The van der Waals surface area contributed by atoms with Crippen LogP contribution in [0.15, 0.2) is 65.6 Å². The third-order valence-corrected chi connectivity index (χ3v) is 6.67. The third kappa shape index (κ3) is 5.05. The summed E-state index contributed by atoms with van der Waals surface area (Å²) in [6.45, 7) is 5.07. The molecule has 0 atom stereocenters. The Morgan fingerprint density at radius 3 is 2.59 bits per heavy atom. The molecule has 5 rings (SSSR count). The molecule has 0 aliphatic carbocycles. The van der Waals surface area contributed by atoms with Crippen LogP contribution in [0, 0.1) is 5.41 Å². The molecule has 10 nitrogen and oxygen atoms in total. The van der Waals surface area contributed by atoms with Gasteiger partial charge in [-0.05, 0) is 50.2 Å². The van der Waals surface area contributed by atoms with Gasteiger partial charge in [0.2, 0.25) is 5.90 Å². The topological polar surface area (TPSA) is 115 Å². The van der Waals surface area contributed by atoms with Crippen LogP contribution in [0.4, 0.5) is 5.69 Å². The second kappa shape index (κ2) is 10.9. The molecule has 0 radical (unpaired) electrons. The number of nitrogens with one attached hydrogen (secondary N) is 2. The summed E-state index contributed by atoms with van der Waals surface area (Å²) in [6, 6.07) is 17.0. The molecule has 3 aromatic heterocycles. The second-order valence-electron chi connectivity index (χ2n) is 9.08. The highest BCUT2D eigenvalue weighted by Gasteiger charge is 2.21. The van der Waals surface area contributed by atoms with Gasteiger partial charge in [-0.2, -0.15) is 8.97 Å². The fourth-order valence-corrected chi connectivity index (χ4v) is 4.71. The number of aryl methyl sites for hydroxylation is 2. The van der Waals surface area contributed by atoms with E-state index in [1.807, 2.05) is 83.7 Å². The van der Waals surface area contributed by atoms with Crippen molar-refractivity contribution in [3.05, 3.63) is 82.5 Å². The van der Waals surface area contributed by atoms with Gasteiger partial charge in [-0.25, -0.2) is 9.78 Å². The van der Waals surface area contributed by atoms with E-state index in [1.165, 1.54) is 0 Å². The van der Waals surface area contributed by atoms with E-state index >= 15 is 0 Å². The lowest BCUT2D eigenvalue weighted by molar-refractivity contribution is -0.486. The minimum Gasteiger partial charge on any atom is -0.478 e. The first-order valence-electron chi connectivity index (χ1n) is 12.9. The number of fused-ring (bicyclic) bond motifs is 4. The van der Waals surface area contributed by atoms with Crippen molar-refractivity contribution in [2.75, 3.05) is 18.5 Å². The van der Waals surface area contributed by atoms with Gasteiger partial charge in [0.25, 0.3) is 5.65 Å². The molecule has 39 heavy (non-hydrogen) atoms. The maximum atomic E-state index is 13.6. The smallest absolute Gasteiger partial charge is 0.345 e. The lowest BCUT2D eigenvalue weighted by atomic mass is 10.2. The summed E-state index contributed by atoms with van der Waals surface area (Å²) in [6.07, 6.45) is 2.02. The molecule has 0 unspecified atom stereocenters. The molecule has 0 bridgehead atoms. The van der Waals surface area contributed by atoms with E-state index in [9.17, 15) is 9.59 Å². The molecule has 0 spiro atoms. The van der Waals surface area contributed by atoms with Crippen molar-refractivity contribution in [3.8, 4) is 0 Å². The summed E-state index contributed by atoms with van der Waals surface area (Å²) in [4.78, 5) is 30.4. The predicted molar refractivity (Wildman–Crippen MR) is 149 cm³/mol. The number of hydrogen-bond donors (Lipinski definition) is 2. The van der Waals surface area contributed by atoms with Crippen molar-refractivity contribution in [2.24, 2.45) is 7.05 Å². The highest BCUT2D eigenvalue weighted by Crippen LogP contribution is 2.21. The minimum absolute atomic E-state index is 0.110. The van der Waals surface area contributed by atoms with Crippen LogP contribution in [-0.2, 0) is 34.4 Å². The van der Waals surface area contributed by atoms with Crippen LogP contribution in [0.25, 0.3) is 27.6 Å². The normalized spacial score (nSPS) is 11.3. The summed E-state index contributed by atoms with van der Waals surface area (Å²) < 4.78 is 15.9. The number of esters is 1. The Bertz CT molecular complexity index is 1750. The lowest BCUT2D eigenvalue weighted by Gasteiger charge is -2.09. The van der Waals surface area contributed by atoms with Gasteiger partial charge >= 0.3 is 11.5 Å². The molecule has 200 valence electrons. The molecule has 2 N–H and O–H groups in total. The van der Waals surface area contributed by atoms with Crippen molar-refractivity contribution in [1.29, 1.82) is 5.41 Å². The average Bonchev–Trinajstić information content (AvgIpc) is 3.26. The number of carbonyl (C=O) groups excluding carboxylic acids is 1. The molecule has 2 aromatic carbocycles. The summed E-state index contributed by atoms with van der Waals surface area (Å²) in [5.41, 5.74) is 4.52. The molecule has 0 saturated heterocycles. The van der Waals surface area contributed by atoms with Crippen LogP contribution in [0.5, 0.6) is 0 Å². The van der Waals surface area contributed by atoms with E-state index in [-0.39, 0.29) is 30.4 Å². The Labute approximate surface area is 224 Å². The zero-order valence-corrected chi connectivity index (χ0v) is 22.2. The molecule has 0 aliphatic rings. The van der Waals surface area contributed by atoms with Crippen LogP contribution in [0.2, 0.25) is 0 Å². The van der Waals surface area contributed by atoms with E-state index in [2.05, 4.69) is 5.32 Å². The Balaban J connectivity index is 1.49. The minimum atomic E-state index is -0.335. The standard InChI is InChI=1S/C29H31N6O4/c1-4-38-27(36)13-15-35-26-8-6-7-14-34(26)23-17-24-22(16-21(23)29(35)37)32-25(33(24)3)18-31-20-11-9-19(10-12-20)28(30)39-5-2/h6-12,14,16-17,30-31H,4-5,13,15,18H2,1-3H3/q+1. The van der Waals surface area contributed by atoms with Gasteiger partial charge in [0, 0.05) is 30.4 Å². The molecule has 0 aliphatic heterocycles. The van der Waals surface area contributed by atoms with E-state index < -0.39 is 0 Å². The Morgan fingerprint density at radius 2 is 1.85 bits per heavy atom. The van der Waals surface area contributed by atoms with Crippen LogP contribution in [0.1, 0.15) is 31.7 Å². The Kier molecular flexibility index (Phi) is 7.27. The maximum absolute atomic E-state index is 13.6. The van der Waals surface area contributed by atoms with E-state index in [4.69, 9.17) is 19.9 Å². The predicted octanol–water partition coefficient (Wildman–Crippen LogP) is 3.55. The van der Waals surface area contributed by atoms with Crippen molar-refractivity contribution in [2.45, 2.75) is 33.4 Å². The Morgan fingerprint density at radius 1 is 1.08 bits per heavy atom. The number of benzene rings is 2. The molecule has 3 heterocycles. The van der Waals surface area contributed by atoms with Crippen LogP contribution in [0.3, 0.4) is 0 Å². The Hall–Kier alpha value is -4.73. The molecule has 0 amide bonds. The number of imidazole rings is 1. The number of pyridine rings is 1. The molecule has 5 aromatic rings. The summed E-state index contributed by atoms with van der Waals surface area (Å²) in [7, 11) is 1.96. The highest BCUT2D eigenvalue weighted by molar-refractivity contribution is 5.92. The summed E-state index contributed by atoms with van der Waals surface area (Å²) >= 11 is 0. The lowest BCUT2D eigenvalue weighted by Crippen LogP contribution is -2.35. The van der Waals surface area contributed by atoms with E-state index in [0.29, 0.717) is 36.3 Å². The first kappa shape index (κ1) is 25.9. The van der Waals surface area contributed by atoms with Crippen molar-refractivity contribution < 1.29 is 18.7 Å². The fraction of sp³-hybridized carbons (Fsp3) is 0.276. The molecule has 0 saturated carbocycles. The van der Waals surface area contributed by atoms with Gasteiger partial charge in [-0.1, -0.05) is 6.07 Å². The van der Waals surface area contributed by atoms with Crippen molar-refractivity contribution in [3.63, 3.8) is 0 Å². The molecule has 10 heteroatoms. The number of anilines is 1. The summed E-state index contributed by atoms with van der Waals surface area (Å²) in [5, 5.41) is 11.8. The number of ether oxygens (including phenoxy) is 2. The van der Waals surface area contributed by atoms with Gasteiger partial charge in [-0.15, -0.1) is 0 Å². The number of nitrogens with zero attached hydrogens (tertiary/aromatic N) is 4.